The highest BCUT2D eigenvalue weighted by molar-refractivity contribution is 6.30. The van der Waals surface area contributed by atoms with E-state index >= 15 is 0 Å². The van der Waals surface area contributed by atoms with Gasteiger partial charge < -0.3 is 20.3 Å². The van der Waals surface area contributed by atoms with Gasteiger partial charge in [0, 0.05) is 30.9 Å². The molecule has 0 bridgehead atoms. The van der Waals surface area contributed by atoms with E-state index in [1.54, 1.807) is 24.4 Å². The summed E-state index contributed by atoms with van der Waals surface area (Å²) >= 11 is 5.88. The van der Waals surface area contributed by atoms with Gasteiger partial charge in [-0.15, -0.1) is 0 Å². The van der Waals surface area contributed by atoms with Crippen LogP contribution in [0, 0.1) is 11.8 Å². The van der Waals surface area contributed by atoms with Crippen LogP contribution in [0.15, 0.2) is 41.3 Å². The molecule has 3 aromatic rings. The molecule has 0 atom stereocenters. The number of rotatable bonds is 3. The lowest BCUT2D eigenvalue weighted by atomic mass is 10.1. The molecule has 146 valence electrons. The lowest BCUT2D eigenvalue weighted by molar-refractivity contribution is 0.0949. The van der Waals surface area contributed by atoms with Gasteiger partial charge in [-0.25, -0.2) is 4.98 Å². The smallest absolute Gasteiger partial charge is 0.257 e. The fourth-order valence-corrected chi connectivity index (χ4v) is 3.38. The number of nitrogens with zero attached hydrogens (tertiary/aromatic N) is 2. The maximum Gasteiger partial charge on any atom is 0.257 e. The van der Waals surface area contributed by atoms with Crippen molar-refractivity contribution in [1.29, 1.82) is 0 Å². The molecule has 2 aromatic heterocycles. The monoisotopic (exact) mass is 408 g/mol. The number of aliphatic hydroxyl groups excluding tert-OH is 1. The minimum absolute atomic E-state index is 0.0616. The molecular weight excluding hydrogens is 392 g/mol. The molecule has 8 heteroatoms. The quantitative estimate of drug-likeness (QED) is 0.574. The number of benzene rings is 1. The number of carbonyl (C=O) groups excluding carboxylic acids is 1. The van der Waals surface area contributed by atoms with Crippen LogP contribution in [0.3, 0.4) is 0 Å². The summed E-state index contributed by atoms with van der Waals surface area (Å²) in [6.45, 7) is 1.19. The second-order valence-corrected chi connectivity index (χ2v) is 6.95. The van der Waals surface area contributed by atoms with Gasteiger partial charge in [-0.3, -0.25) is 9.59 Å². The molecule has 1 aliphatic rings. The van der Waals surface area contributed by atoms with Crippen molar-refractivity contribution in [2.45, 2.75) is 13.1 Å². The van der Waals surface area contributed by atoms with E-state index in [0.717, 1.165) is 5.56 Å². The standard InChI is InChI=1S/C21H17ClN4O3/c22-14-5-3-13(4-6-14)11-24-21(29)17-12-26-8-7-23-20-18(26)16(19(17)28)10-15(25-20)2-1-9-27/h3-6,10,12,27H,7-9,11H2,(H,23,25)(H,24,29). The van der Waals surface area contributed by atoms with Gasteiger partial charge in [0.2, 0.25) is 5.43 Å². The summed E-state index contributed by atoms with van der Waals surface area (Å²) in [4.78, 5) is 30.2. The van der Waals surface area contributed by atoms with Crippen LogP contribution in [0.1, 0.15) is 21.6 Å². The van der Waals surface area contributed by atoms with E-state index in [1.165, 1.54) is 0 Å². The summed E-state index contributed by atoms with van der Waals surface area (Å²) in [5, 5.41) is 15.8. The van der Waals surface area contributed by atoms with Gasteiger partial charge in [-0.05, 0) is 29.7 Å². The highest BCUT2D eigenvalue weighted by atomic mass is 35.5. The molecule has 0 unspecified atom stereocenters. The summed E-state index contributed by atoms with van der Waals surface area (Å²) in [5.74, 6) is 5.35. The van der Waals surface area contributed by atoms with Crippen molar-refractivity contribution < 1.29 is 9.90 Å². The third kappa shape index (κ3) is 3.81. The van der Waals surface area contributed by atoms with E-state index in [2.05, 4.69) is 27.5 Å². The number of hydrogen-bond acceptors (Lipinski definition) is 5. The number of aromatic nitrogens is 2. The van der Waals surface area contributed by atoms with Gasteiger partial charge in [0.25, 0.3) is 5.91 Å². The van der Waals surface area contributed by atoms with Gasteiger partial charge in [-0.2, -0.15) is 0 Å². The maximum absolute atomic E-state index is 13.1. The van der Waals surface area contributed by atoms with Crippen molar-refractivity contribution in [3.63, 3.8) is 0 Å². The predicted molar refractivity (Wildman–Crippen MR) is 111 cm³/mol. The van der Waals surface area contributed by atoms with Gasteiger partial charge in [0.15, 0.2) is 5.82 Å². The number of anilines is 1. The summed E-state index contributed by atoms with van der Waals surface area (Å²) in [5.41, 5.74) is 1.56. The molecule has 0 saturated carbocycles. The number of carbonyl (C=O) groups is 1. The molecule has 29 heavy (non-hydrogen) atoms. The van der Waals surface area contributed by atoms with Crippen LogP contribution in [0.4, 0.5) is 5.82 Å². The average Bonchev–Trinajstić information content (AvgIpc) is 2.74. The largest absolute Gasteiger partial charge is 0.384 e. The first-order valence-electron chi connectivity index (χ1n) is 9.01. The Labute approximate surface area is 171 Å². The molecule has 3 N–H and O–H groups in total. The molecule has 4 rings (SSSR count). The molecular formula is C21H17ClN4O3. The predicted octanol–water partition coefficient (Wildman–Crippen LogP) is 1.75. The van der Waals surface area contributed by atoms with Crippen LogP contribution < -0.4 is 16.1 Å². The Balaban J connectivity index is 1.73. The van der Waals surface area contributed by atoms with Crippen LogP contribution in [-0.2, 0) is 13.1 Å². The Morgan fingerprint density at radius 3 is 2.90 bits per heavy atom. The molecule has 1 aromatic carbocycles. The van der Waals surface area contributed by atoms with Gasteiger partial charge in [0.1, 0.15) is 17.9 Å². The van der Waals surface area contributed by atoms with Gasteiger partial charge >= 0.3 is 0 Å². The number of nitrogens with one attached hydrogen (secondary N) is 2. The lowest BCUT2D eigenvalue weighted by Gasteiger charge is -2.21. The first-order valence-corrected chi connectivity index (χ1v) is 9.39. The zero-order valence-electron chi connectivity index (χ0n) is 15.3. The van der Waals surface area contributed by atoms with Crippen molar-refractivity contribution in [3.05, 3.63) is 68.6 Å². The average molecular weight is 409 g/mol. The first kappa shape index (κ1) is 19.0. The minimum Gasteiger partial charge on any atom is -0.384 e. The second kappa shape index (κ2) is 7.95. The Bertz CT molecular complexity index is 1220. The lowest BCUT2D eigenvalue weighted by Crippen LogP contribution is -2.31. The van der Waals surface area contributed by atoms with Crippen molar-refractivity contribution in [2.75, 3.05) is 18.5 Å². The number of pyridine rings is 2. The number of amides is 1. The fraction of sp³-hybridized carbons (Fsp3) is 0.190. The van der Waals surface area contributed by atoms with E-state index in [9.17, 15) is 9.59 Å². The van der Waals surface area contributed by atoms with Crippen molar-refractivity contribution in [1.82, 2.24) is 14.9 Å². The second-order valence-electron chi connectivity index (χ2n) is 6.51. The molecule has 0 fully saturated rings. The molecule has 3 heterocycles. The topological polar surface area (TPSA) is 96.2 Å². The summed E-state index contributed by atoms with van der Waals surface area (Å²) in [6.07, 6.45) is 1.58. The molecule has 0 aliphatic carbocycles. The highest BCUT2D eigenvalue weighted by Gasteiger charge is 2.21. The van der Waals surface area contributed by atoms with E-state index in [0.29, 0.717) is 40.5 Å². The van der Waals surface area contributed by atoms with Crippen molar-refractivity contribution in [2.24, 2.45) is 0 Å². The summed E-state index contributed by atoms with van der Waals surface area (Å²) < 4.78 is 1.86. The summed E-state index contributed by atoms with van der Waals surface area (Å²) in [6, 6.07) is 8.68. The van der Waals surface area contributed by atoms with Gasteiger partial charge in [-0.1, -0.05) is 29.7 Å². The Hall–Kier alpha value is -3.34. The third-order valence-corrected chi connectivity index (χ3v) is 4.86. The SMILES string of the molecule is O=C(NCc1ccc(Cl)cc1)c1cn2c3c(nc(C#CCO)cc3c1=O)NCC2. The Kier molecular flexibility index (Phi) is 5.21. The normalized spacial score (nSPS) is 12.1. The first-order chi connectivity index (χ1) is 14.1. The van der Waals surface area contributed by atoms with Gasteiger partial charge in [0.05, 0.1) is 10.9 Å². The Morgan fingerprint density at radius 2 is 2.14 bits per heavy atom. The molecule has 0 saturated heterocycles. The van der Waals surface area contributed by atoms with Crippen LogP contribution in [0.25, 0.3) is 10.9 Å². The Morgan fingerprint density at radius 1 is 1.34 bits per heavy atom. The zero-order chi connectivity index (χ0) is 20.4. The van der Waals surface area contributed by atoms with E-state index in [-0.39, 0.29) is 24.1 Å². The molecule has 7 nitrogen and oxygen atoms in total. The maximum atomic E-state index is 13.1. The minimum atomic E-state index is -0.449. The van der Waals surface area contributed by atoms with Crippen LogP contribution in [-0.4, -0.2) is 33.7 Å². The third-order valence-electron chi connectivity index (χ3n) is 4.61. The van der Waals surface area contributed by atoms with Crippen LogP contribution in [0.2, 0.25) is 5.02 Å². The van der Waals surface area contributed by atoms with Crippen LogP contribution >= 0.6 is 11.6 Å². The molecule has 0 radical (unpaired) electrons. The van der Waals surface area contributed by atoms with Crippen molar-refractivity contribution >= 4 is 34.2 Å². The number of aliphatic hydroxyl groups is 1. The highest BCUT2D eigenvalue weighted by Crippen LogP contribution is 2.24. The number of hydrogen-bond donors (Lipinski definition) is 3. The number of halogens is 1. The van der Waals surface area contributed by atoms with E-state index < -0.39 is 5.91 Å². The molecule has 0 spiro atoms. The summed E-state index contributed by atoms with van der Waals surface area (Å²) in [7, 11) is 0. The molecule has 1 aliphatic heterocycles. The van der Waals surface area contributed by atoms with Crippen molar-refractivity contribution in [3.8, 4) is 11.8 Å². The van der Waals surface area contributed by atoms with E-state index in [4.69, 9.17) is 16.7 Å². The van der Waals surface area contributed by atoms with E-state index in [1.807, 2.05) is 16.7 Å². The zero-order valence-corrected chi connectivity index (χ0v) is 16.1. The van der Waals surface area contributed by atoms with Crippen LogP contribution in [0.5, 0.6) is 0 Å². The molecule has 1 amide bonds. The fourth-order valence-electron chi connectivity index (χ4n) is 3.26.